The number of likely N-dealkylation sites (N-methyl/N-ethyl adjacent to an activating group) is 1. The first-order valence-corrected chi connectivity index (χ1v) is 15.4. The molecule has 1 aromatic heterocycles. The van der Waals surface area contributed by atoms with Crippen LogP contribution in [0.5, 0.6) is 0 Å². The van der Waals surface area contributed by atoms with Gasteiger partial charge < -0.3 is 14.8 Å². The van der Waals surface area contributed by atoms with Crippen LogP contribution < -0.4 is 10.2 Å². The third kappa shape index (κ3) is 2.88. The van der Waals surface area contributed by atoms with Crippen LogP contribution in [0, 0.1) is 0 Å². The highest BCUT2D eigenvalue weighted by atomic mass is 15.4. The van der Waals surface area contributed by atoms with Crippen LogP contribution >= 0.6 is 0 Å². The van der Waals surface area contributed by atoms with E-state index >= 15 is 0 Å². The lowest BCUT2D eigenvalue weighted by atomic mass is 9.82. The predicted octanol–water partition coefficient (Wildman–Crippen LogP) is 8.82. The fourth-order valence-corrected chi connectivity index (χ4v) is 8.76. The summed E-state index contributed by atoms with van der Waals surface area (Å²) in [5.74, 6) is 0. The molecule has 2 atom stereocenters. The highest BCUT2D eigenvalue weighted by molar-refractivity contribution is 6.12. The van der Waals surface area contributed by atoms with Gasteiger partial charge in [0.1, 0.15) is 5.69 Å². The molecule has 1 aliphatic carbocycles. The van der Waals surface area contributed by atoms with E-state index in [2.05, 4.69) is 151 Å². The van der Waals surface area contributed by atoms with Gasteiger partial charge in [0.2, 0.25) is 0 Å². The van der Waals surface area contributed by atoms with E-state index in [9.17, 15) is 0 Å². The largest absolute Gasteiger partial charge is 0.344 e. The molecule has 3 heterocycles. The van der Waals surface area contributed by atoms with Crippen LogP contribution in [-0.2, 0) is 5.41 Å². The van der Waals surface area contributed by atoms with Gasteiger partial charge in [-0.25, -0.2) is 0 Å². The molecule has 2 N–H and O–H groups in total. The summed E-state index contributed by atoms with van der Waals surface area (Å²) in [5, 5.41) is 7.88. The Morgan fingerprint density at radius 1 is 0.651 bits per heavy atom. The molecular weight excluding hydrogens is 522 g/mol. The highest BCUT2D eigenvalue weighted by Crippen LogP contribution is 2.53. The van der Waals surface area contributed by atoms with E-state index in [1.807, 2.05) is 0 Å². The molecule has 206 valence electrons. The number of nitrogens with two attached hydrogens (primary N) is 1. The summed E-state index contributed by atoms with van der Waals surface area (Å²) in [5.41, 5.74) is 15.0. The molecule has 6 aromatic carbocycles. The lowest BCUT2D eigenvalue weighted by Crippen LogP contribution is -2.83. The molecule has 2 aliphatic heterocycles. The van der Waals surface area contributed by atoms with Crippen molar-refractivity contribution in [2.45, 2.75) is 31.5 Å². The van der Waals surface area contributed by atoms with Crippen LogP contribution in [0.15, 0.2) is 115 Å². The number of nitrogens with zero attached hydrogens (tertiary/aromatic N) is 2. The Kier molecular flexibility index (Phi) is 4.37. The fraction of sp³-hybridized carbons (Fsp3) is 0.150. The van der Waals surface area contributed by atoms with Crippen molar-refractivity contribution in [1.29, 1.82) is 0 Å². The molecule has 0 radical (unpaired) electrons. The van der Waals surface area contributed by atoms with Crippen LogP contribution in [0.2, 0.25) is 0 Å². The van der Waals surface area contributed by atoms with Crippen LogP contribution in [0.4, 0.5) is 11.4 Å². The highest BCUT2D eigenvalue weighted by Gasteiger charge is 2.46. The van der Waals surface area contributed by atoms with Gasteiger partial charge >= 0.3 is 0 Å². The molecule has 3 aliphatic rings. The van der Waals surface area contributed by atoms with E-state index in [1.165, 1.54) is 82.9 Å². The molecule has 0 spiro atoms. The van der Waals surface area contributed by atoms with Crippen LogP contribution in [-0.4, -0.2) is 11.6 Å². The first-order chi connectivity index (χ1) is 21.0. The van der Waals surface area contributed by atoms with Crippen LogP contribution in [0.3, 0.4) is 0 Å². The Hall–Kier alpha value is -4.86. The van der Waals surface area contributed by atoms with Gasteiger partial charge in [-0.1, -0.05) is 92.7 Å². The molecule has 10 rings (SSSR count). The zero-order chi connectivity index (χ0) is 28.6. The summed E-state index contributed by atoms with van der Waals surface area (Å²) in [6.45, 7) is 4.71. The summed E-state index contributed by atoms with van der Waals surface area (Å²) in [6.07, 6.45) is 0.203. The van der Waals surface area contributed by atoms with Crippen molar-refractivity contribution in [1.82, 2.24) is 4.57 Å². The summed E-state index contributed by atoms with van der Waals surface area (Å²) < 4.78 is 2.62. The Bertz CT molecular complexity index is 2340. The number of para-hydroxylation sites is 1. The van der Waals surface area contributed by atoms with Gasteiger partial charge in [-0.05, 0) is 75.2 Å². The monoisotopic (exact) mass is 554 g/mol. The molecule has 7 aromatic rings. The van der Waals surface area contributed by atoms with Gasteiger partial charge in [0, 0.05) is 34.2 Å². The molecule has 0 saturated carbocycles. The van der Waals surface area contributed by atoms with Gasteiger partial charge in [-0.2, -0.15) is 0 Å². The molecule has 0 amide bonds. The molecule has 3 nitrogen and oxygen atoms in total. The first kappa shape index (κ1) is 23.7. The number of benzene rings is 6. The Morgan fingerprint density at radius 2 is 1.42 bits per heavy atom. The summed E-state index contributed by atoms with van der Waals surface area (Å²) in [7, 11) is 2.28. The van der Waals surface area contributed by atoms with Crippen molar-refractivity contribution in [3.05, 3.63) is 132 Å². The van der Waals surface area contributed by atoms with E-state index in [-0.39, 0.29) is 17.6 Å². The van der Waals surface area contributed by atoms with Crippen LogP contribution in [0.25, 0.3) is 54.8 Å². The molecule has 0 bridgehead atoms. The first-order valence-electron chi connectivity index (χ1n) is 15.4. The van der Waals surface area contributed by atoms with Gasteiger partial charge in [-0.15, -0.1) is 0 Å². The van der Waals surface area contributed by atoms with Gasteiger partial charge in [0.15, 0.2) is 17.9 Å². The quantitative estimate of drug-likeness (QED) is 0.202. The topological polar surface area (TPSA) is 24.8 Å². The Balaban J connectivity index is 1.22. The summed E-state index contributed by atoms with van der Waals surface area (Å²) >= 11 is 0. The summed E-state index contributed by atoms with van der Waals surface area (Å²) in [4.78, 5) is 2.52. The van der Waals surface area contributed by atoms with Crippen molar-refractivity contribution < 1.29 is 5.32 Å². The Morgan fingerprint density at radius 3 is 2.33 bits per heavy atom. The molecule has 0 fully saturated rings. The van der Waals surface area contributed by atoms with Gasteiger partial charge in [0.25, 0.3) is 0 Å². The lowest BCUT2D eigenvalue weighted by molar-refractivity contribution is -0.624. The second-order valence-corrected chi connectivity index (χ2v) is 13.2. The van der Waals surface area contributed by atoms with Gasteiger partial charge in [-0.3, -0.25) is 0 Å². The van der Waals surface area contributed by atoms with E-state index in [1.54, 1.807) is 0 Å². The zero-order valence-electron chi connectivity index (χ0n) is 24.6. The second-order valence-electron chi connectivity index (χ2n) is 13.2. The lowest BCUT2D eigenvalue weighted by Gasteiger charge is -2.37. The number of quaternary nitrogens is 1. The third-order valence-electron chi connectivity index (χ3n) is 10.8. The summed E-state index contributed by atoms with van der Waals surface area (Å²) in [6, 6.07) is 43.7. The second kappa shape index (κ2) is 7.94. The smallest absolute Gasteiger partial charge is 0.164 e. The number of fused-ring (bicyclic) bond motifs is 12. The maximum Gasteiger partial charge on any atom is 0.164 e. The molecular formula is C40H32N3+. The number of hydrogen-bond donors (Lipinski definition) is 1. The van der Waals surface area contributed by atoms with Gasteiger partial charge in [0.05, 0.1) is 11.0 Å². The third-order valence-corrected chi connectivity index (χ3v) is 10.8. The van der Waals surface area contributed by atoms with Crippen molar-refractivity contribution in [2.24, 2.45) is 0 Å². The molecule has 2 unspecified atom stereocenters. The van der Waals surface area contributed by atoms with Crippen molar-refractivity contribution in [3.63, 3.8) is 0 Å². The number of rotatable bonds is 1. The molecule has 3 heteroatoms. The predicted molar refractivity (Wildman–Crippen MR) is 178 cm³/mol. The van der Waals surface area contributed by atoms with Crippen LogP contribution in [0.1, 0.15) is 42.7 Å². The van der Waals surface area contributed by atoms with Crippen molar-refractivity contribution in [2.75, 3.05) is 11.9 Å². The van der Waals surface area contributed by atoms with E-state index in [0.717, 1.165) is 0 Å². The van der Waals surface area contributed by atoms with E-state index in [4.69, 9.17) is 0 Å². The molecule has 43 heavy (non-hydrogen) atoms. The Labute approximate surface area is 251 Å². The maximum absolute atomic E-state index is 2.62. The van der Waals surface area contributed by atoms with Crippen molar-refractivity contribution in [3.8, 4) is 22.3 Å². The minimum Gasteiger partial charge on any atom is -0.344 e. The number of anilines is 1. The number of hydrogen-bond acceptors (Lipinski definition) is 1. The average Bonchev–Trinajstić information content (AvgIpc) is 3.63. The van der Waals surface area contributed by atoms with E-state index in [0.29, 0.717) is 0 Å². The normalized spacial score (nSPS) is 19.1. The minimum atomic E-state index is 0.0148. The van der Waals surface area contributed by atoms with Crippen molar-refractivity contribution >= 4 is 44.0 Å². The maximum atomic E-state index is 2.62. The fourth-order valence-electron chi connectivity index (χ4n) is 8.76. The standard InChI is InChI=1S/C40H31N3/c1-40(2)32-14-8-6-12-27(32)29-20-24(16-18-33(29)40)25-21-30-28-13-7-9-15-34(28)43-38(30)31(22-25)37-39(43)42(3)35-19-17-23-10-4-5-11-26(23)36(35)41-37/h4-22,37,39,41H,1-3H3/p+1. The van der Waals surface area contributed by atoms with E-state index < -0.39 is 0 Å². The number of aromatic nitrogens is 1. The zero-order valence-corrected chi connectivity index (χ0v) is 24.6. The SMILES string of the molecule is CN1c2ccc3ccccc3c2[NH2+]C2c3cc(-c4ccc5c(c4)-c4ccccc4C5(C)C)cc4c5ccccc5n(c34)C21. The molecule has 0 saturated heterocycles. The average molecular weight is 555 g/mol. The minimum absolute atomic E-state index is 0.0148.